The van der Waals surface area contributed by atoms with Crippen molar-refractivity contribution in [3.05, 3.63) is 22.4 Å². The molecule has 0 aliphatic rings. The summed E-state index contributed by atoms with van der Waals surface area (Å²) in [6, 6.07) is 3.27. The predicted octanol–water partition coefficient (Wildman–Crippen LogP) is 1.78. The Morgan fingerprint density at radius 3 is 2.79 bits per heavy atom. The second kappa shape index (κ2) is 4.76. The first-order chi connectivity index (χ1) is 6.61. The molecule has 0 atom stereocenters. The molecule has 0 aliphatic heterocycles. The van der Waals surface area contributed by atoms with Gasteiger partial charge >= 0.3 is 6.03 Å². The molecule has 3 N–H and O–H groups in total. The molecule has 0 spiro atoms. The van der Waals surface area contributed by atoms with Crippen molar-refractivity contribution >= 4 is 23.1 Å². The molecule has 0 aliphatic carbocycles. The van der Waals surface area contributed by atoms with Gasteiger partial charge in [-0.3, -0.25) is 0 Å². The second-order valence-electron chi connectivity index (χ2n) is 3.11. The number of hydrogen-bond acceptors (Lipinski definition) is 3. The van der Waals surface area contributed by atoms with Crippen molar-refractivity contribution in [3.63, 3.8) is 0 Å². The Morgan fingerprint density at radius 1 is 1.64 bits per heavy atom. The van der Waals surface area contributed by atoms with E-state index in [1.165, 1.54) is 0 Å². The fourth-order valence-electron chi connectivity index (χ4n) is 1.01. The maximum absolute atomic E-state index is 10.5. The number of primary amides is 1. The van der Waals surface area contributed by atoms with E-state index in [1.54, 1.807) is 11.3 Å². The average molecular weight is 211 g/mol. The highest BCUT2D eigenvalue weighted by Gasteiger charge is 2.09. The fourth-order valence-corrected chi connectivity index (χ4v) is 1.87. The largest absolute Gasteiger partial charge is 0.350 e. The van der Waals surface area contributed by atoms with Crippen LogP contribution < -0.4 is 11.2 Å². The van der Waals surface area contributed by atoms with Gasteiger partial charge in [-0.25, -0.2) is 10.2 Å². The Balaban J connectivity index is 2.85. The number of hydrazone groups is 1. The van der Waals surface area contributed by atoms with Crippen molar-refractivity contribution in [2.24, 2.45) is 16.8 Å². The van der Waals surface area contributed by atoms with Gasteiger partial charge in [0.2, 0.25) is 0 Å². The highest BCUT2D eigenvalue weighted by molar-refractivity contribution is 7.12. The minimum absolute atomic E-state index is 0.250. The molecule has 0 bridgehead atoms. The smallest absolute Gasteiger partial charge is 0.332 e. The van der Waals surface area contributed by atoms with Gasteiger partial charge in [0.05, 0.1) is 10.6 Å². The van der Waals surface area contributed by atoms with Crippen molar-refractivity contribution in [1.82, 2.24) is 5.43 Å². The lowest BCUT2D eigenvalue weighted by atomic mass is 10.1. The molecule has 1 aromatic rings. The molecular formula is C9H13N3OS. The quantitative estimate of drug-likeness (QED) is 0.580. The number of amides is 2. The van der Waals surface area contributed by atoms with Gasteiger partial charge in [0.15, 0.2) is 0 Å². The molecular weight excluding hydrogens is 198 g/mol. The number of carbonyl (C=O) groups is 1. The predicted molar refractivity (Wildman–Crippen MR) is 58.4 cm³/mol. The zero-order valence-corrected chi connectivity index (χ0v) is 8.97. The van der Waals surface area contributed by atoms with E-state index in [0.29, 0.717) is 0 Å². The SMILES string of the molecule is CC(C)/C(=N/NC(N)=O)c1cccs1. The molecule has 0 saturated carbocycles. The summed E-state index contributed by atoms with van der Waals surface area (Å²) in [5.74, 6) is 0.250. The lowest BCUT2D eigenvalue weighted by Crippen LogP contribution is -2.26. The summed E-state index contributed by atoms with van der Waals surface area (Å²) in [5.41, 5.74) is 8.04. The van der Waals surface area contributed by atoms with Crippen LogP contribution in [0, 0.1) is 5.92 Å². The van der Waals surface area contributed by atoms with E-state index >= 15 is 0 Å². The molecule has 1 rings (SSSR count). The van der Waals surface area contributed by atoms with E-state index in [-0.39, 0.29) is 5.92 Å². The number of hydrogen-bond donors (Lipinski definition) is 2. The van der Waals surface area contributed by atoms with Crippen LogP contribution in [0.4, 0.5) is 4.79 Å². The van der Waals surface area contributed by atoms with E-state index in [0.717, 1.165) is 10.6 Å². The fraction of sp³-hybridized carbons (Fsp3) is 0.333. The van der Waals surface area contributed by atoms with Crippen LogP contribution in [0.5, 0.6) is 0 Å². The van der Waals surface area contributed by atoms with Crippen molar-refractivity contribution in [2.45, 2.75) is 13.8 Å². The standard InChI is InChI=1S/C9H13N3OS/c1-6(2)8(11-12-9(10)13)7-4-3-5-14-7/h3-6H,1-2H3,(H3,10,12,13)/b11-8-. The maximum Gasteiger partial charge on any atom is 0.332 e. The Bertz CT molecular complexity index is 330. The van der Waals surface area contributed by atoms with Crippen LogP contribution in [0.25, 0.3) is 0 Å². The zero-order valence-electron chi connectivity index (χ0n) is 8.15. The van der Waals surface area contributed by atoms with Gasteiger partial charge in [0.25, 0.3) is 0 Å². The first kappa shape index (κ1) is 10.7. The third-order valence-corrected chi connectivity index (χ3v) is 2.50. The van der Waals surface area contributed by atoms with E-state index in [9.17, 15) is 4.79 Å². The van der Waals surface area contributed by atoms with Crippen molar-refractivity contribution < 1.29 is 4.79 Å². The van der Waals surface area contributed by atoms with E-state index < -0.39 is 6.03 Å². The van der Waals surface area contributed by atoms with E-state index in [2.05, 4.69) is 10.5 Å². The highest BCUT2D eigenvalue weighted by Crippen LogP contribution is 2.14. The van der Waals surface area contributed by atoms with Crippen LogP contribution in [-0.4, -0.2) is 11.7 Å². The minimum Gasteiger partial charge on any atom is -0.350 e. The first-order valence-electron chi connectivity index (χ1n) is 4.28. The van der Waals surface area contributed by atoms with Crippen molar-refractivity contribution in [2.75, 3.05) is 0 Å². The number of carbonyl (C=O) groups excluding carboxylic acids is 1. The van der Waals surface area contributed by atoms with Gasteiger partial charge in [-0.15, -0.1) is 11.3 Å². The molecule has 4 nitrogen and oxygen atoms in total. The number of nitrogens with two attached hydrogens (primary N) is 1. The molecule has 5 heteroatoms. The minimum atomic E-state index is -0.639. The molecule has 0 unspecified atom stereocenters. The molecule has 0 saturated heterocycles. The van der Waals surface area contributed by atoms with Crippen LogP contribution in [0.15, 0.2) is 22.6 Å². The topological polar surface area (TPSA) is 67.5 Å². The van der Waals surface area contributed by atoms with Gasteiger partial charge in [0.1, 0.15) is 0 Å². The summed E-state index contributed by atoms with van der Waals surface area (Å²) < 4.78 is 0. The van der Waals surface area contributed by atoms with E-state index in [1.807, 2.05) is 31.4 Å². The van der Waals surface area contributed by atoms with Gasteiger partial charge in [0, 0.05) is 0 Å². The summed E-state index contributed by atoms with van der Waals surface area (Å²) in [6.45, 7) is 4.03. The average Bonchev–Trinajstić information content (AvgIpc) is 2.56. The zero-order chi connectivity index (χ0) is 10.6. The first-order valence-corrected chi connectivity index (χ1v) is 5.16. The molecule has 0 aromatic carbocycles. The Labute approximate surface area is 86.8 Å². The van der Waals surface area contributed by atoms with Crippen LogP contribution in [-0.2, 0) is 0 Å². The number of rotatable bonds is 3. The van der Waals surface area contributed by atoms with E-state index in [4.69, 9.17) is 5.73 Å². The molecule has 76 valence electrons. The summed E-state index contributed by atoms with van der Waals surface area (Å²) in [6.07, 6.45) is 0. The molecule has 0 fully saturated rings. The molecule has 2 amide bonds. The number of nitrogens with one attached hydrogen (secondary N) is 1. The lowest BCUT2D eigenvalue weighted by Gasteiger charge is -2.07. The van der Waals surface area contributed by atoms with Gasteiger partial charge < -0.3 is 5.73 Å². The Morgan fingerprint density at radius 2 is 2.36 bits per heavy atom. The molecule has 1 heterocycles. The summed E-state index contributed by atoms with van der Waals surface area (Å²) in [4.78, 5) is 11.6. The normalized spacial score (nSPS) is 11.8. The highest BCUT2D eigenvalue weighted by atomic mass is 32.1. The summed E-state index contributed by atoms with van der Waals surface area (Å²) in [5, 5.41) is 5.94. The number of urea groups is 1. The van der Waals surface area contributed by atoms with Gasteiger partial charge in [-0.2, -0.15) is 5.10 Å². The third kappa shape index (κ3) is 2.85. The number of nitrogens with zero attached hydrogens (tertiary/aromatic N) is 1. The lowest BCUT2D eigenvalue weighted by molar-refractivity contribution is 0.249. The Hall–Kier alpha value is -1.36. The molecule has 0 radical (unpaired) electrons. The summed E-state index contributed by atoms with van der Waals surface area (Å²) in [7, 11) is 0. The van der Waals surface area contributed by atoms with Crippen molar-refractivity contribution in [3.8, 4) is 0 Å². The van der Waals surface area contributed by atoms with Crippen LogP contribution in [0.2, 0.25) is 0 Å². The van der Waals surface area contributed by atoms with Gasteiger partial charge in [-0.1, -0.05) is 19.9 Å². The third-order valence-electron chi connectivity index (χ3n) is 1.61. The Kier molecular flexibility index (Phi) is 3.64. The molecule has 14 heavy (non-hydrogen) atoms. The number of thiophene rings is 1. The van der Waals surface area contributed by atoms with Gasteiger partial charge in [-0.05, 0) is 17.4 Å². The summed E-state index contributed by atoms with van der Waals surface area (Å²) >= 11 is 1.59. The van der Waals surface area contributed by atoms with Crippen LogP contribution in [0.1, 0.15) is 18.7 Å². The maximum atomic E-state index is 10.5. The monoisotopic (exact) mass is 211 g/mol. The van der Waals surface area contributed by atoms with Crippen molar-refractivity contribution in [1.29, 1.82) is 0 Å². The molecule has 1 aromatic heterocycles. The van der Waals surface area contributed by atoms with Crippen LogP contribution >= 0.6 is 11.3 Å². The second-order valence-corrected chi connectivity index (χ2v) is 4.05. The van der Waals surface area contributed by atoms with Crippen LogP contribution in [0.3, 0.4) is 0 Å².